The maximum Gasteiger partial charge on any atom is 0.281 e. The molecule has 3 rings (SSSR count). The maximum atomic E-state index is 2.22. The molecular weight excluding hydrogens is 268 g/mol. The number of imidazole rings is 1. The molecule has 20 heavy (non-hydrogen) atoms. The van der Waals surface area contributed by atoms with Crippen LogP contribution in [0.5, 0.6) is 0 Å². The number of halogens is 1. The predicted octanol–water partition coefficient (Wildman–Crippen LogP) is 0.177. The van der Waals surface area contributed by atoms with Crippen molar-refractivity contribution in [2.75, 3.05) is 0 Å². The summed E-state index contributed by atoms with van der Waals surface area (Å²) in [7, 11) is 4.21. The van der Waals surface area contributed by atoms with Gasteiger partial charge in [-0.3, -0.25) is 0 Å². The molecule has 1 aromatic heterocycles. The first-order valence-corrected chi connectivity index (χ1v) is 6.44. The van der Waals surface area contributed by atoms with Gasteiger partial charge in [-0.15, -0.1) is 0 Å². The Morgan fingerprint density at radius 2 is 1.55 bits per heavy atom. The molecule has 3 aromatic rings. The zero-order chi connectivity index (χ0) is 13.2. The van der Waals surface area contributed by atoms with Gasteiger partial charge in [0, 0.05) is 6.08 Å². The summed E-state index contributed by atoms with van der Waals surface area (Å²) in [5.41, 5.74) is 3.71. The van der Waals surface area contributed by atoms with Gasteiger partial charge in [0.2, 0.25) is 0 Å². The van der Waals surface area contributed by atoms with Crippen molar-refractivity contribution in [2.24, 2.45) is 14.1 Å². The molecule has 0 N–H and O–H groups in total. The van der Waals surface area contributed by atoms with Crippen LogP contribution < -0.4 is 17.0 Å². The first kappa shape index (κ1) is 14.4. The molecule has 0 aliphatic heterocycles. The highest BCUT2D eigenvalue weighted by Crippen LogP contribution is 2.14. The fourth-order valence-electron chi connectivity index (χ4n) is 2.46. The van der Waals surface area contributed by atoms with E-state index in [1.807, 2.05) is 6.07 Å². The topological polar surface area (TPSA) is 8.81 Å². The number of fused-ring (bicyclic) bond motifs is 1. The molecule has 2 nitrogen and oxygen atoms in total. The highest BCUT2D eigenvalue weighted by Gasteiger charge is 2.16. The third-order valence-electron chi connectivity index (χ3n) is 3.52. The lowest BCUT2D eigenvalue weighted by Crippen LogP contribution is -3.00. The molecule has 3 heteroatoms. The SMILES string of the molecule is Cn1c(/C=C/c2ccccc2)[n+](C)c2ccccc21.[Cl-]. The van der Waals surface area contributed by atoms with Gasteiger partial charge in [0.15, 0.2) is 11.0 Å². The van der Waals surface area contributed by atoms with E-state index in [0.29, 0.717) is 0 Å². The Kier molecular flexibility index (Phi) is 4.26. The fourth-order valence-corrected chi connectivity index (χ4v) is 2.46. The summed E-state index contributed by atoms with van der Waals surface area (Å²) in [5, 5.41) is 0. The van der Waals surface area contributed by atoms with Crippen molar-refractivity contribution < 1.29 is 17.0 Å². The van der Waals surface area contributed by atoms with Crippen molar-refractivity contribution in [3.63, 3.8) is 0 Å². The lowest BCUT2D eigenvalue weighted by atomic mass is 10.2. The molecule has 0 saturated carbocycles. The Hall–Kier alpha value is -2.06. The second-order valence-electron chi connectivity index (χ2n) is 4.71. The Morgan fingerprint density at radius 3 is 2.25 bits per heavy atom. The second-order valence-corrected chi connectivity index (χ2v) is 4.71. The van der Waals surface area contributed by atoms with Gasteiger partial charge in [-0.2, -0.15) is 0 Å². The van der Waals surface area contributed by atoms with Crippen molar-refractivity contribution in [2.45, 2.75) is 0 Å². The van der Waals surface area contributed by atoms with Gasteiger partial charge in [-0.1, -0.05) is 42.5 Å². The monoisotopic (exact) mass is 284 g/mol. The van der Waals surface area contributed by atoms with E-state index in [4.69, 9.17) is 0 Å². The van der Waals surface area contributed by atoms with Crippen LogP contribution >= 0.6 is 0 Å². The van der Waals surface area contributed by atoms with Crippen molar-refractivity contribution in [3.05, 3.63) is 66.0 Å². The number of rotatable bonds is 2. The smallest absolute Gasteiger partial charge is 0.281 e. The zero-order valence-corrected chi connectivity index (χ0v) is 12.4. The Morgan fingerprint density at radius 1 is 0.900 bits per heavy atom. The standard InChI is InChI=1S/C17H17N2.ClH/c1-18-15-10-6-7-11-16(15)19(2)17(18)13-12-14-8-4-3-5-9-14;/h3-13H,1-2H3;1H/q+1;/p-1/b13-12+;. The second kappa shape index (κ2) is 5.93. The van der Waals surface area contributed by atoms with Gasteiger partial charge in [-0.05, 0) is 23.8 Å². The van der Waals surface area contributed by atoms with Crippen LogP contribution in [0.3, 0.4) is 0 Å². The molecule has 102 valence electrons. The highest BCUT2D eigenvalue weighted by atomic mass is 35.5. The van der Waals surface area contributed by atoms with Crippen LogP contribution in [0.1, 0.15) is 11.4 Å². The summed E-state index contributed by atoms with van der Waals surface area (Å²) in [5.74, 6) is 1.19. The molecule has 0 spiro atoms. The molecule has 0 bridgehead atoms. The van der Waals surface area contributed by atoms with Crippen molar-refractivity contribution in [1.29, 1.82) is 0 Å². The van der Waals surface area contributed by atoms with E-state index in [1.54, 1.807) is 0 Å². The number of hydrogen-bond acceptors (Lipinski definition) is 0. The van der Waals surface area contributed by atoms with Crippen LogP contribution in [-0.2, 0) is 14.1 Å². The minimum Gasteiger partial charge on any atom is -1.00 e. The van der Waals surface area contributed by atoms with Crippen molar-refractivity contribution >= 4 is 23.2 Å². The Balaban J connectivity index is 0.00000147. The van der Waals surface area contributed by atoms with E-state index < -0.39 is 0 Å². The highest BCUT2D eigenvalue weighted by molar-refractivity contribution is 5.75. The number of aryl methyl sites for hydroxylation is 2. The lowest BCUT2D eigenvalue weighted by Gasteiger charge is -1.93. The summed E-state index contributed by atoms with van der Waals surface area (Å²) in [4.78, 5) is 0. The van der Waals surface area contributed by atoms with Crippen LogP contribution in [0.15, 0.2) is 54.6 Å². The minimum atomic E-state index is 0. The van der Waals surface area contributed by atoms with E-state index in [1.165, 1.54) is 22.4 Å². The summed E-state index contributed by atoms with van der Waals surface area (Å²) < 4.78 is 4.43. The normalized spacial score (nSPS) is 10.9. The molecule has 0 atom stereocenters. The molecule has 0 fully saturated rings. The van der Waals surface area contributed by atoms with Crippen LogP contribution in [0.25, 0.3) is 23.2 Å². The molecule has 0 aliphatic rings. The maximum absolute atomic E-state index is 2.22. The van der Waals surface area contributed by atoms with E-state index in [-0.39, 0.29) is 12.4 Å². The van der Waals surface area contributed by atoms with Crippen molar-refractivity contribution in [1.82, 2.24) is 4.57 Å². The van der Waals surface area contributed by atoms with Crippen LogP contribution in [0.4, 0.5) is 0 Å². The number of hydrogen-bond donors (Lipinski definition) is 0. The number of benzene rings is 2. The fraction of sp³-hybridized carbons (Fsp3) is 0.118. The van der Waals surface area contributed by atoms with Crippen LogP contribution in [0.2, 0.25) is 0 Å². The average Bonchev–Trinajstić information content (AvgIpc) is 2.71. The van der Waals surface area contributed by atoms with Gasteiger partial charge in [0.05, 0.1) is 14.1 Å². The quantitative estimate of drug-likeness (QED) is 0.594. The van der Waals surface area contributed by atoms with E-state index in [2.05, 4.69) is 83.9 Å². The molecule has 0 aliphatic carbocycles. The van der Waals surface area contributed by atoms with Crippen molar-refractivity contribution in [3.8, 4) is 0 Å². The largest absolute Gasteiger partial charge is 1.00 e. The molecule has 1 heterocycles. The molecule has 2 aromatic carbocycles. The number of para-hydroxylation sites is 2. The summed E-state index contributed by atoms with van der Waals surface area (Å²) in [6, 6.07) is 18.8. The van der Waals surface area contributed by atoms with Gasteiger partial charge in [0.1, 0.15) is 0 Å². The first-order valence-electron chi connectivity index (χ1n) is 6.44. The molecule has 0 unspecified atom stereocenters. The van der Waals surface area contributed by atoms with Gasteiger partial charge >= 0.3 is 0 Å². The van der Waals surface area contributed by atoms with E-state index in [0.717, 1.165) is 0 Å². The van der Waals surface area contributed by atoms with Crippen LogP contribution in [-0.4, -0.2) is 4.57 Å². The predicted molar refractivity (Wildman–Crippen MR) is 79.5 cm³/mol. The van der Waals surface area contributed by atoms with Gasteiger partial charge in [0.25, 0.3) is 5.82 Å². The molecule has 0 saturated heterocycles. The summed E-state index contributed by atoms with van der Waals surface area (Å²) >= 11 is 0. The first-order chi connectivity index (χ1) is 9.27. The zero-order valence-electron chi connectivity index (χ0n) is 11.6. The molecule has 0 amide bonds. The van der Waals surface area contributed by atoms with Gasteiger partial charge in [-0.25, -0.2) is 9.13 Å². The molecular formula is C17H17ClN2. The van der Waals surface area contributed by atoms with Crippen LogP contribution in [0, 0.1) is 0 Å². The third kappa shape index (κ3) is 2.47. The van der Waals surface area contributed by atoms with E-state index >= 15 is 0 Å². The average molecular weight is 285 g/mol. The van der Waals surface area contributed by atoms with E-state index in [9.17, 15) is 0 Å². The molecule has 0 radical (unpaired) electrons. The third-order valence-corrected chi connectivity index (χ3v) is 3.52. The summed E-state index contributed by atoms with van der Waals surface area (Å²) in [6.45, 7) is 0. The number of nitrogens with zero attached hydrogens (tertiary/aromatic N) is 2. The number of aromatic nitrogens is 2. The minimum absolute atomic E-state index is 0. The Bertz CT molecular complexity index is 703. The van der Waals surface area contributed by atoms with Gasteiger partial charge < -0.3 is 12.4 Å². The summed E-state index contributed by atoms with van der Waals surface area (Å²) in [6.07, 6.45) is 4.31. The lowest BCUT2D eigenvalue weighted by molar-refractivity contribution is -0.647. The Labute approximate surface area is 125 Å².